The number of nitrogens with one attached hydrogen (secondary N) is 1. The molecule has 0 aromatic heterocycles. The smallest absolute Gasteiger partial charge is 0.308 e. The lowest BCUT2D eigenvalue weighted by Crippen LogP contribution is -2.29. The summed E-state index contributed by atoms with van der Waals surface area (Å²) in [6, 6.07) is 0. The standard InChI is InChI=1S/C11H17NO3/c1-2-15-9(13)8-3-4-11(7-8)5-6-12-10(11)14/h8H,2-7H2,1H3,(H,12,14). The Labute approximate surface area is 89.4 Å². The Balaban J connectivity index is 2.00. The number of amides is 1. The normalized spacial score (nSPS) is 34.5. The highest BCUT2D eigenvalue weighted by Crippen LogP contribution is 2.46. The van der Waals surface area contributed by atoms with Crippen molar-refractivity contribution in [2.24, 2.45) is 11.3 Å². The maximum absolute atomic E-state index is 11.7. The Bertz CT molecular complexity index is 290. The molecule has 0 aromatic rings. The first-order valence-corrected chi connectivity index (χ1v) is 5.63. The molecule has 1 aliphatic carbocycles. The van der Waals surface area contributed by atoms with Crippen molar-refractivity contribution in [2.75, 3.05) is 13.2 Å². The predicted molar refractivity (Wildman–Crippen MR) is 54.0 cm³/mol. The second-order valence-electron chi connectivity index (χ2n) is 4.48. The largest absolute Gasteiger partial charge is 0.466 e. The van der Waals surface area contributed by atoms with Crippen LogP contribution in [0.2, 0.25) is 0 Å². The molecule has 2 unspecified atom stereocenters. The summed E-state index contributed by atoms with van der Waals surface area (Å²) < 4.78 is 4.99. The molecule has 1 aliphatic heterocycles. The van der Waals surface area contributed by atoms with Gasteiger partial charge >= 0.3 is 5.97 Å². The lowest BCUT2D eigenvalue weighted by molar-refractivity contribution is -0.148. The molecule has 2 atom stereocenters. The third kappa shape index (κ3) is 1.73. The number of rotatable bonds is 2. The summed E-state index contributed by atoms with van der Waals surface area (Å²) in [6.07, 6.45) is 3.19. The van der Waals surface area contributed by atoms with Gasteiger partial charge in [0.05, 0.1) is 17.9 Å². The minimum absolute atomic E-state index is 0.0613. The van der Waals surface area contributed by atoms with E-state index in [1.807, 2.05) is 6.92 Å². The molecule has 84 valence electrons. The van der Waals surface area contributed by atoms with Crippen LogP contribution in [0.3, 0.4) is 0 Å². The molecule has 1 N–H and O–H groups in total. The minimum atomic E-state index is -0.253. The Morgan fingerprint density at radius 1 is 1.60 bits per heavy atom. The van der Waals surface area contributed by atoms with E-state index in [-0.39, 0.29) is 23.2 Å². The Morgan fingerprint density at radius 2 is 2.40 bits per heavy atom. The Morgan fingerprint density at radius 3 is 3.00 bits per heavy atom. The summed E-state index contributed by atoms with van der Waals surface area (Å²) in [5.74, 6) is -0.0582. The van der Waals surface area contributed by atoms with Crippen LogP contribution in [-0.2, 0) is 14.3 Å². The molecular formula is C11H17NO3. The molecule has 4 heteroatoms. The first kappa shape index (κ1) is 10.5. The van der Waals surface area contributed by atoms with Gasteiger partial charge in [0.1, 0.15) is 0 Å². The highest BCUT2D eigenvalue weighted by atomic mass is 16.5. The molecule has 0 radical (unpaired) electrons. The van der Waals surface area contributed by atoms with E-state index in [0.717, 1.165) is 25.8 Å². The van der Waals surface area contributed by atoms with E-state index in [1.165, 1.54) is 0 Å². The second-order valence-corrected chi connectivity index (χ2v) is 4.48. The van der Waals surface area contributed by atoms with E-state index in [2.05, 4.69) is 5.32 Å². The zero-order chi connectivity index (χ0) is 10.9. The van der Waals surface area contributed by atoms with Gasteiger partial charge in [0, 0.05) is 6.54 Å². The van der Waals surface area contributed by atoms with Crippen LogP contribution in [0.1, 0.15) is 32.6 Å². The summed E-state index contributed by atoms with van der Waals surface area (Å²) in [5, 5.41) is 2.85. The molecule has 2 aliphatic rings. The van der Waals surface area contributed by atoms with Gasteiger partial charge in [-0.2, -0.15) is 0 Å². The first-order chi connectivity index (χ1) is 7.18. The van der Waals surface area contributed by atoms with Crippen molar-refractivity contribution in [1.82, 2.24) is 5.32 Å². The van der Waals surface area contributed by atoms with Crippen LogP contribution in [0.25, 0.3) is 0 Å². The van der Waals surface area contributed by atoms with Crippen molar-refractivity contribution in [3.05, 3.63) is 0 Å². The molecule has 1 amide bonds. The van der Waals surface area contributed by atoms with Crippen molar-refractivity contribution < 1.29 is 14.3 Å². The van der Waals surface area contributed by atoms with Gasteiger partial charge in [0.15, 0.2) is 0 Å². The van der Waals surface area contributed by atoms with Gasteiger partial charge in [-0.25, -0.2) is 0 Å². The van der Waals surface area contributed by atoms with Crippen LogP contribution >= 0.6 is 0 Å². The first-order valence-electron chi connectivity index (χ1n) is 5.63. The number of hydrogen-bond acceptors (Lipinski definition) is 3. The van der Waals surface area contributed by atoms with Crippen LogP contribution in [0.15, 0.2) is 0 Å². The van der Waals surface area contributed by atoms with Crippen LogP contribution in [-0.4, -0.2) is 25.0 Å². The fourth-order valence-electron chi connectivity index (χ4n) is 2.74. The molecule has 2 fully saturated rings. The van der Waals surface area contributed by atoms with Gasteiger partial charge in [-0.05, 0) is 32.6 Å². The van der Waals surface area contributed by atoms with Crippen LogP contribution < -0.4 is 5.32 Å². The third-order valence-electron chi connectivity index (χ3n) is 3.60. The second kappa shape index (κ2) is 3.83. The molecule has 0 bridgehead atoms. The van der Waals surface area contributed by atoms with Crippen LogP contribution in [0.5, 0.6) is 0 Å². The van der Waals surface area contributed by atoms with Crippen molar-refractivity contribution in [3.63, 3.8) is 0 Å². The van der Waals surface area contributed by atoms with E-state index in [9.17, 15) is 9.59 Å². The summed E-state index contributed by atoms with van der Waals surface area (Å²) in [4.78, 5) is 23.2. The zero-order valence-electron chi connectivity index (χ0n) is 9.04. The number of carbonyl (C=O) groups excluding carboxylic acids is 2. The molecular weight excluding hydrogens is 194 g/mol. The topological polar surface area (TPSA) is 55.4 Å². The van der Waals surface area contributed by atoms with Crippen molar-refractivity contribution in [3.8, 4) is 0 Å². The van der Waals surface area contributed by atoms with Crippen LogP contribution in [0, 0.1) is 11.3 Å². The molecule has 1 heterocycles. The molecule has 0 aromatic carbocycles. The van der Waals surface area contributed by atoms with Crippen LogP contribution in [0.4, 0.5) is 0 Å². The van der Waals surface area contributed by atoms with E-state index in [4.69, 9.17) is 4.74 Å². The van der Waals surface area contributed by atoms with Gasteiger partial charge in [0.25, 0.3) is 0 Å². The summed E-state index contributed by atoms with van der Waals surface area (Å²) in [6.45, 7) is 2.99. The lowest BCUT2D eigenvalue weighted by atomic mass is 9.84. The highest BCUT2D eigenvalue weighted by molar-refractivity contribution is 5.86. The third-order valence-corrected chi connectivity index (χ3v) is 3.60. The molecule has 4 nitrogen and oxygen atoms in total. The van der Waals surface area contributed by atoms with Crippen molar-refractivity contribution >= 4 is 11.9 Å². The van der Waals surface area contributed by atoms with Crippen molar-refractivity contribution in [2.45, 2.75) is 32.6 Å². The predicted octanol–water partition coefficient (Wildman–Crippen LogP) is 0.856. The number of ether oxygens (including phenoxy) is 1. The minimum Gasteiger partial charge on any atom is -0.466 e. The van der Waals surface area contributed by atoms with E-state index < -0.39 is 0 Å². The molecule has 1 saturated heterocycles. The average molecular weight is 211 g/mol. The summed E-state index contributed by atoms with van der Waals surface area (Å²) in [7, 11) is 0. The zero-order valence-corrected chi connectivity index (χ0v) is 9.04. The molecule has 1 spiro atoms. The summed E-state index contributed by atoms with van der Waals surface area (Å²) >= 11 is 0. The Hall–Kier alpha value is -1.06. The summed E-state index contributed by atoms with van der Waals surface area (Å²) in [5.41, 5.74) is -0.253. The van der Waals surface area contributed by atoms with Crippen molar-refractivity contribution in [1.29, 1.82) is 0 Å². The van der Waals surface area contributed by atoms with Gasteiger partial charge < -0.3 is 10.1 Å². The number of esters is 1. The van der Waals surface area contributed by atoms with E-state index in [0.29, 0.717) is 13.0 Å². The van der Waals surface area contributed by atoms with E-state index >= 15 is 0 Å². The van der Waals surface area contributed by atoms with Gasteiger partial charge in [-0.1, -0.05) is 0 Å². The van der Waals surface area contributed by atoms with Gasteiger partial charge in [-0.3, -0.25) is 9.59 Å². The maximum atomic E-state index is 11.7. The van der Waals surface area contributed by atoms with Gasteiger partial charge in [-0.15, -0.1) is 0 Å². The van der Waals surface area contributed by atoms with E-state index in [1.54, 1.807) is 0 Å². The SMILES string of the molecule is CCOC(=O)C1CCC2(CCNC2=O)C1. The fourth-order valence-corrected chi connectivity index (χ4v) is 2.74. The molecule has 2 rings (SSSR count). The maximum Gasteiger partial charge on any atom is 0.308 e. The number of carbonyl (C=O) groups is 2. The monoisotopic (exact) mass is 211 g/mol. The quantitative estimate of drug-likeness (QED) is 0.689. The fraction of sp³-hybridized carbons (Fsp3) is 0.818. The molecule has 15 heavy (non-hydrogen) atoms. The lowest BCUT2D eigenvalue weighted by Gasteiger charge is -2.18. The number of hydrogen-bond donors (Lipinski definition) is 1. The highest BCUT2D eigenvalue weighted by Gasteiger charge is 2.49. The Kier molecular flexibility index (Phi) is 2.67. The average Bonchev–Trinajstić information content (AvgIpc) is 2.77. The molecule has 1 saturated carbocycles. The van der Waals surface area contributed by atoms with Gasteiger partial charge in [0.2, 0.25) is 5.91 Å².